The van der Waals surface area contributed by atoms with E-state index in [0.29, 0.717) is 5.56 Å². The van der Waals surface area contributed by atoms with E-state index in [2.05, 4.69) is 4.72 Å². The molecule has 2 aromatic rings. The van der Waals surface area contributed by atoms with Crippen molar-refractivity contribution in [3.63, 3.8) is 0 Å². The van der Waals surface area contributed by atoms with E-state index >= 15 is 0 Å². The van der Waals surface area contributed by atoms with Gasteiger partial charge in [0.25, 0.3) is 10.0 Å². The average Bonchev–Trinajstić information content (AvgIpc) is 2.43. The maximum Gasteiger partial charge on any atom is 0.335 e. The average molecular weight is 344 g/mol. The summed E-state index contributed by atoms with van der Waals surface area (Å²) in [7, 11) is -4.31. The van der Waals surface area contributed by atoms with Crippen LogP contribution in [-0.2, 0) is 10.0 Å². The number of nitrogens with one attached hydrogen (secondary N) is 1. The first-order valence-corrected chi connectivity index (χ1v) is 7.89. The lowest BCUT2D eigenvalue weighted by Gasteiger charge is -2.12. The zero-order valence-electron chi connectivity index (χ0n) is 11.3. The molecule has 0 atom stereocenters. The minimum Gasteiger partial charge on any atom is -0.478 e. The van der Waals surface area contributed by atoms with Crippen molar-refractivity contribution in [1.82, 2.24) is 0 Å². The molecule has 0 amide bonds. The molecule has 0 heterocycles. The number of aromatic carboxylic acids is 1. The van der Waals surface area contributed by atoms with Gasteiger partial charge in [-0.1, -0.05) is 23.7 Å². The fourth-order valence-corrected chi connectivity index (χ4v) is 3.17. The molecule has 0 aliphatic heterocycles. The van der Waals surface area contributed by atoms with Gasteiger partial charge in [0, 0.05) is 0 Å². The molecule has 0 saturated carbocycles. The topological polar surface area (TPSA) is 83.5 Å². The molecule has 0 spiro atoms. The number of aryl methyl sites for hydroxylation is 1. The highest BCUT2D eigenvalue weighted by Gasteiger charge is 2.22. The number of hydrogen-bond acceptors (Lipinski definition) is 3. The zero-order valence-corrected chi connectivity index (χ0v) is 12.9. The van der Waals surface area contributed by atoms with Gasteiger partial charge in [-0.25, -0.2) is 17.6 Å². The maximum absolute atomic E-state index is 13.8. The molecular formula is C14H11ClFNO4S. The summed E-state index contributed by atoms with van der Waals surface area (Å²) in [6.07, 6.45) is 0. The van der Waals surface area contributed by atoms with Crippen LogP contribution in [0.3, 0.4) is 0 Å². The zero-order chi connectivity index (χ0) is 16.5. The van der Waals surface area contributed by atoms with Crippen LogP contribution in [0, 0.1) is 12.7 Å². The van der Waals surface area contributed by atoms with Gasteiger partial charge in [0.1, 0.15) is 10.7 Å². The molecule has 0 aliphatic rings. The van der Waals surface area contributed by atoms with E-state index in [-0.39, 0.29) is 16.3 Å². The van der Waals surface area contributed by atoms with Crippen LogP contribution in [0.5, 0.6) is 0 Å². The van der Waals surface area contributed by atoms with E-state index in [4.69, 9.17) is 16.7 Å². The number of carbonyl (C=O) groups is 1. The summed E-state index contributed by atoms with van der Waals surface area (Å²) in [5, 5.41) is 9.06. The van der Waals surface area contributed by atoms with Crippen LogP contribution in [0.25, 0.3) is 0 Å². The van der Waals surface area contributed by atoms with E-state index in [0.717, 1.165) is 18.2 Å². The Morgan fingerprint density at radius 2 is 1.95 bits per heavy atom. The summed E-state index contributed by atoms with van der Waals surface area (Å²) in [5.74, 6) is -2.41. The largest absolute Gasteiger partial charge is 0.478 e. The number of anilines is 1. The van der Waals surface area contributed by atoms with Crippen LogP contribution in [0.4, 0.5) is 10.1 Å². The molecule has 116 valence electrons. The second-order valence-electron chi connectivity index (χ2n) is 4.49. The number of hydrogen-bond donors (Lipinski definition) is 2. The van der Waals surface area contributed by atoms with Gasteiger partial charge in [-0.05, 0) is 36.8 Å². The molecule has 2 aromatic carbocycles. The predicted octanol–water partition coefficient (Wildman–Crippen LogP) is 3.29. The third-order valence-corrected chi connectivity index (χ3v) is 4.79. The number of rotatable bonds is 4. The van der Waals surface area contributed by atoms with Crippen LogP contribution in [0.2, 0.25) is 5.02 Å². The molecule has 0 unspecified atom stereocenters. The SMILES string of the molecule is Cc1cccc(NS(=O)(=O)c2cc(C(=O)O)ccc2F)c1Cl. The van der Waals surface area contributed by atoms with Gasteiger partial charge in [-0.2, -0.15) is 0 Å². The van der Waals surface area contributed by atoms with Gasteiger partial charge < -0.3 is 5.11 Å². The molecule has 22 heavy (non-hydrogen) atoms. The lowest BCUT2D eigenvalue weighted by Crippen LogP contribution is -2.16. The standard InChI is InChI=1S/C14H11ClFNO4S/c1-8-3-2-4-11(13(8)15)17-22(20,21)12-7-9(14(18)19)5-6-10(12)16/h2-7,17H,1H3,(H,18,19). The van der Waals surface area contributed by atoms with Gasteiger partial charge in [0.15, 0.2) is 0 Å². The fourth-order valence-electron chi connectivity index (χ4n) is 1.77. The van der Waals surface area contributed by atoms with E-state index < -0.39 is 26.7 Å². The smallest absolute Gasteiger partial charge is 0.335 e. The Labute approximate surface area is 131 Å². The number of carboxylic acid groups (broad SMARTS) is 1. The van der Waals surface area contributed by atoms with E-state index in [1.54, 1.807) is 19.1 Å². The summed E-state index contributed by atoms with van der Waals surface area (Å²) in [6, 6.07) is 7.22. The Kier molecular flexibility index (Phi) is 4.39. The molecule has 0 fully saturated rings. The van der Waals surface area contributed by atoms with Crippen LogP contribution in [0.15, 0.2) is 41.3 Å². The Hall–Kier alpha value is -2.12. The second kappa shape index (κ2) is 5.94. The van der Waals surface area contributed by atoms with Gasteiger partial charge in [-0.3, -0.25) is 4.72 Å². The maximum atomic E-state index is 13.8. The van der Waals surface area contributed by atoms with Crippen molar-refractivity contribution < 1.29 is 22.7 Å². The molecule has 2 rings (SSSR count). The summed E-state index contributed by atoms with van der Waals surface area (Å²) in [4.78, 5) is 10.1. The number of benzene rings is 2. The summed E-state index contributed by atoms with van der Waals surface area (Å²) in [6.45, 7) is 1.69. The highest BCUT2D eigenvalue weighted by Crippen LogP contribution is 2.28. The molecule has 0 aliphatic carbocycles. The first-order chi connectivity index (χ1) is 10.2. The summed E-state index contributed by atoms with van der Waals surface area (Å²) < 4.78 is 40.4. The Morgan fingerprint density at radius 1 is 1.27 bits per heavy atom. The second-order valence-corrected chi connectivity index (χ2v) is 6.52. The van der Waals surface area contributed by atoms with Crippen LogP contribution < -0.4 is 4.72 Å². The number of halogens is 2. The number of sulfonamides is 1. The monoisotopic (exact) mass is 343 g/mol. The van der Waals surface area contributed by atoms with Crippen molar-refractivity contribution in [2.45, 2.75) is 11.8 Å². The quantitative estimate of drug-likeness (QED) is 0.892. The predicted molar refractivity (Wildman–Crippen MR) is 80.4 cm³/mol. The minimum atomic E-state index is -4.31. The van der Waals surface area contributed by atoms with E-state index in [1.807, 2.05) is 0 Å². The van der Waals surface area contributed by atoms with Crippen molar-refractivity contribution in [3.05, 3.63) is 58.4 Å². The molecule has 8 heteroatoms. The third kappa shape index (κ3) is 3.20. The van der Waals surface area contributed by atoms with Gasteiger partial charge in [-0.15, -0.1) is 0 Å². The molecule has 5 nitrogen and oxygen atoms in total. The lowest BCUT2D eigenvalue weighted by molar-refractivity contribution is 0.0696. The first kappa shape index (κ1) is 16.3. The first-order valence-electron chi connectivity index (χ1n) is 6.03. The van der Waals surface area contributed by atoms with E-state index in [1.165, 1.54) is 6.07 Å². The summed E-state index contributed by atoms with van der Waals surface area (Å²) >= 11 is 5.99. The molecule has 0 aromatic heterocycles. The Bertz CT molecular complexity index is 852. The van der Waals surface area contributed by atoms with Crippen molar-refractivity contribution in [2.24, 2.45) is 0 Å². The Morgan fingerprint density at radius 3 is 2.59 bits per heavy atom. The Balaban J connectivity index is 2.49. The normalized spacial score (nSPS) is 11.2. The highest BCUT2D eigenvalue weighted by atomic mass is 35.5. The molecule has 0 radical (unpaired) electrons. The van der Waals surface area contributed by atoms with Crippen molar-refractivity contribution in [3.8, 4) is 0 Å². The fraction of sp³-hybridized carbons (Fsp3) is 0.0714. The van der Waals surface area contributed by atoms with Crippen molar-refractivity contribution in [2.75, 3.05) is 4.72 Å². The summed E-state index contributed by atoms with van der Waals surface area (Å²) in [5.41, 5.74) is 0.389. The van der Waals surface area contributed by atoms with Crippen LogP contribution >= 0.6 is 11.6 Å². The van der Waals surface area contributed by atoms with Crippen LogP contribution in [-0.4, -0.2) is 19.5 Å². The molecular weight excluding hydrogens is 333 g/mol. The van der Waals surface area contributed by atoms with Gasteiger partial charge in [0.2, 0.25) is 0 Å². The lowest BCUT2D eigenvalue weighted by atomic mass is 10.2. The number of carboxylic acids is 1. The molecule has 2 N–H and O–H groups in total. The van der Waals surface area contributed by atoms with Crippen molar-refractivity contribution >= 4 is 33.3 Å². The van der Waals surface area contributed by atoms with Gasteiger partial charge >= 0.3 is 5.97 Å². The van der Waals surface area contributed by atoms with E-state index in [9.17, 15) is 17.6 Å². The molecule has 0 saturated heterocycles. The highest BCUT2D eigenvalue weighted by molar-refractivity contribution is 7.92. The minimum absolute atomic E-state index is 0.0850. The third-order valence-electron chi connectivity index (χ3n) is 2.90. The van der Waals surface area contributed by atoms with Crippen molar-refractivity contribution in [1.29, 1.82) is 0 Å². The van der Waals surface area contributed by atoms with Gasteiger partial charge in [0.05, 0.1) is 16.3 Å². The van der Waals surface area contributed by atoms with Crippen LogP contribution in [0.1, 0.15) is 15.9 Å². The molecule has 0 bridgehead atoms.